The second-order valence-corrected chi connectivity index (χ2v) is 6.25. The summed E-state index contributed by atoms with van der Waals surface area (Å²) in [5.41, 5.74) is 4.62. The first kappa shape index (κ1) is 18.3. The predicted molar refractivity (Wildman–Crippen MR) is 94.8 cm³/mol. The maximum atomic E-state index is 10.0. The van der Waals surface area contributed by atoms with Crippen LogP contribution in [0.1, 0.15) is 22.3 Å². The molecule has 0 amide bonds. The summed E-state index contributed by atoms with van der Waals surface area (Å²) in [6, 6.07) is 11.5. The Morgan fingerprint density at radius 1 is 0.667 bits per heavy atom. The lowest BCUT2D eigenvalue weighted by molar-refractivity contribution is -0.0288. The van der Waals surface area contributed by atoms with E-state index in [0.29, 0.717) is 11.5 Å². The number of ether oxygens (including phenoxy) is 2. The molecule has 0 saturated heterocycles. The highest BCUT2D eigenvalue weighted by atomic mass is 16.5. The second kappa shape index (κ2) is 8.18. The fourth-order valence-electron chi connectivity index (χ4n) is 2.19. The molecule has 0 aliphatic carbocycles. The highest BCUT2D eigenvalue weighted by Crippen LogP contribution is 2.18. The van der Waals surface area contributed by atoms with Gasteiger partial charge in [0.05, 0.1) is 0 Å². The van der Waals surface area contributed by atoms with E-state index in [1.807, 2.05) is 64.1 Å². The van der Waals surface area contributed by atoms with Crippen LogP contribution in [0, 0.1) is 27.7 Å². The van der Waals surface area contributed by atoms with Crippen molar-refractivity contribution in [3.63, 3.8) is 0 Å². The lowest BCUT2D eigenvalue weighted by atomic mass is 10.1. The molecule has 2 rings (SSSR count). The Morgan fingerprint density at radius 3 is 1.38 bits per heavy atom. The molecule has 24 heavy (non-hydrogen) atoms. The molecule has 2 aromatic rings. The minimum absolute atomic E-state index is 0.0138. The number of hydrogen-bond donors (Lipinski definition) is 2. The molecule has 0 aromatic heterocycles. The molecule has 0 fully saturated rings. The number of benzene rings is 2. The molecule has 0 unspecified atom stereocenters. The SMILES string of the molecule is Cc1ccc(OC[C@@H](O)[C@H](O)COc2ccc(C)c(C)c2)cc1C. The summed E-state index contributed by atoms with van der Waals surface area (Å²) < 4.78 is 11.1. The zero-order chi connectivity index (χ0) is 17.7. The third kappa shape index (κ3) is 4.98. The molecule has 2 atom stereocenters. The quantitative estimate of drug-likeness (QED) is 0.819. The average Bonchev–Trinajstić information content (AvgIpc) is 2.56. The Hall–Kier alpha value is -2.04. The molecular formula is C20H26O4. The van der Waals surface area contributed by atoms with E-state index < -0.39 is 12.2 Å². The van der Waals surface area contributed by atoms with E-state index in [0.717, 1.165) is 11.1 Å². The normalized spacial score (nSPS) is 13.4. The third-order valence-electron chi connectivity index (χ3n) is 4.24. The summed E-state index contributed by atoms with van der Waals surface area (Å²) in [7, 11) is 0. The summed E-state index contributed by atoms with van der Waals surface area (Å²) in [6.45, 7) is 8.10. The van der Waals surface area contributed by atoms with Gasteiger partial charge in [-0.25, -0.2) is 0 Å². The van der Waals surface area contributed by atoms with E-state index >= 15 is 0 Å². The molecule has 0 spiro atoms. The van der Waals surface area contributed by atoms with Crippen molar-refractivity contribution >= 4 is 0 Å². The van der Waals surface area contributed by atoms with Gasteiger partial charge in [-0.15, -0.1) is 0 Å². The molecule has 0 radical (unpaired) electrons. The van der Waals surface area contributed by atoms with Gasteiger partial charge in [0, 0.05) is 0 Å². The van der Waals surface area contributed by atoms with Gasteiger partial charge in [-0.05, 0) is 74.2 Å². The van der Waals surface area contributed by atoms with Crippen molar-refractivity contribution < 1.29 is 19.7 Å². The van der Waals surface area contributed by atoms with Crippen molar-refractivity contribution in [3.05, 3.63) is 58.7 Å². The molecule has 0 saturated carbocycles. The molecule has 2 aromatic carbocycles. The smallest absolute Gasteiger partial charge is 0.119 e. The van der Waals surface area contributed by atoms with Crippen LogP contribution in [0.5, 0.6) is 11.5 Å². The van der Waals surface area contributed by atoms with Gasteiger partial charge >= 0.3 is 0 Å². The van der Waals surface area contributed by atoms with E-state index in [4.69, 9.17) is 9.47 Å². The van der Waals surface area contributed by atoms with E-state index in [-0.39, 0.29) is 13.2 Å². The first-order valence-corrected chi connectivity index (χ1v) is 8.13. The number of hydrogen-bond acceptors (Lipinski definition) is 4. The number of aryl methyl sites for hydroxylation is 4. The van der Waals surface area contributed by atoms with Crippen molar-refractivity contribution in [2.24, 2.45) is 0 Å². The third-order valence-corrected chi connectivity index (χ3v) is 4.24. The summed E-state index contributed by atoms with van der Waals surface area (Å²) >= 11 is 0. The Labute approximate surface area is 143 Å². The molecule has 0 heterocycles. The van der Waals surface area contributed by atoms with Gasteiger partial charge in [0.25, 0.3) is 0 Å². The van der Waals surface area contributed by atoms with Gasteiger partial charge in [-0.2, -0.15) is 0 Å². The first-order chi connectivity index (χ1) is 11.4. The van der Waals surface area contributed by atoms with Gasteiger partial charge in [0.2, 0.25) is 0 Å². The lowest BCUT2D eigenvalue weighted by Gasteiger charge is -2.19. The first-order valence-electron chi connectivity index (χ1n) is 8.13. The van der Waals surface area contributed by atoms with E-state index in [1.165, 1.54) is 11.1 Å². The van der Waals surface area contributed by atoms with Crippen LogP contribution >= 0.6 is 0 Å². The van der Waals surface area contributed by atoms with Gasteiger partial charge in [0.1, 0.15) is 36.9 Å². The molecule has 4 heteroatoms. The average molecular weight is 330 g/mol. The van der Waals surface area contributed by atoms with Crippen molar-refractivity contribution in [3.8, 4) is 11.5 Å². The molecule has 0 bridgehead atoms. The van der Waals surface area contributed by atoms with Crippen molar-refractivity contribution in [2.45, 2.75) is 39.9 Å². The van der Waals surface area contributed by atoms with E-state index in [1.54, 1.807) is 0 Å². The minimum Gasteiger partial charge on any atom is -0.491 e. The monoisotopic (exact) mass is 330 g/mol. The largest absolute Gasteiger partial charge is 0.491 e. The summed E-state index contributed by atoms with van der Waals surface area (Å²) in [5, 5.41) is 20.0. The molecule has 0 aliphatic rings. The Balaban J connectivity index is 1.81. The van der Waals surface area contributed by atoms with Crippen LogP contribution in [0.3, 0.4) is 0 Å². The van der Waals surface area contributed by atoms with Gasteiger partial charge in [0.15, 0.2) is 0 Å². The lowest BCUT2D eigenvalue weighted by Crippen LogP contribution is -2.36. The second-order valence-electron chi connectivity index (χ2n) is 6.25. The maximum absolute atomic E-state index is 10.0. The van der Waals surface area contributed by atoms with Crippen LogP contribution < -0.4 is 9.47 Å². The Bertz CT molecular complexity index is 622. The summed E-state index contributed by atoms with van der Waals surface area (Å²) in [5.74, 6) is 1.36. The van der Waals surface area contributed by atoms with Gasteiger partial charge < -0.3 is 19.7 Å². The van der Waals surface area contributed by atoms with Crippen LogP contribution in [0.4, 0.5) is 0 Å². The summed E-state index contributed by atoms with van der Waals surface area (Å²) in [4.78, 5) is 0. The molecule has 0 aliphatic heterocycles. The fraction of sp³-hybridized carbons (Fsp3) is 0.400. The Morgan fingerprint density at radius 2 is 1.04 bits per heavy atom. The van der Waals surface area contributed by atoms with Crippen molar-refractivity contribution in [1.82, 2.24) is 0 Å². The zero-order valence-electron chi connectivity index (χ0n) is 14.7. The van der Waals surface area contributed by atoms with Crippen LogP contribution in [-0.2, 0) is 0 Å². The zero-order valence-corrected chi connectivity index (χ0v) is 14.7. The van der Waals surface area contributed by atoms with E-state index in [9.17, 15) is 10.2 Å². The molecule has 2 N–H and O–H groups in total. The van der Waals surface area contributed by atoms with E-state index in [2.05, 4.69) is 0 Å². The highest BCUT2D eigenvalue weighted by molar-refractivity contribution is 5.34. The van der Waals surface area contributed by atoms with Crippen molar-refractivity contribution in [2.75, 3.05) is 13.2 Å². The highest BCUT2D eigenvalue weighted by Gasteiger charge is 2.18. The fourth-order valence-corrected chi connectivity index (χ4v) is 2.19. The van der Waals surface area contributed by atoms with Crippen molar-refractivity contribution in [1.29, 1.82) is 0 Å². The molecule has 4 nitrogen and oxygen atoms in total. The minimum atomic E-state index is -1.02. The number of aliphatic hydroxyl groups excluding tert-OH is 2. The molecular weight excluding hydrogens is 304 g/mol. The Kier molecular flexibility index (Phi) is 6.23. The van der Waals surface area contributed by atoms with Crippen LogP contribution in [0.2, 0.25) is 0 Å². The van der Waals surface area contributed by atoms with Gasteiger partial charge in [-0.1, -0.05) is 12.1 Å². The summed E-state index contributed by atoms with van der Waals surface area (Å²) in [6.07, 6.45) is -2.03. The maximum Gasteiger partial charge on any atom is 0.119 e. The molecule has 130 valence electrons. The van der Waals surface area contributed by atoms with Gasteiger partial charge in [-0.3, -0.25) is 0 Å². The standard InChI is InChI=1S/C20H26O4/c1-13-5-7-17(9-15(13)3)23-11-19(21)20(22)12-24-18-8-6-14(2)16(4)10-18/h5-10,19-22H,11-12H2,1-4H3/t19-,20-/m1/s1. The number of aliphatic hydroxyl groups is 2. The predicted octanol–water partition coefficient (Wildman–Crippen LogP) is 3.10. The van der Waals surface area contributed by atoms with Crippen LogP contribution in [-0.4, -0.2) is 35.6 Å². The van der Waals surface area contributed by atoms with Crippen LogP contribution in [0.15, 0.2) is 36.4 Å². The topological polar surface area (TPSA) is 58.9 Å². The number of rotatable bonds is 7. The van der Waals surface area contributed by atoms with Crippen LogP contribution in [0.25, 0.3) is 0 Å².